The maximum atomic E-state index is 12.6. The monoisotopic (exact) mass is 304 g/mol. The van der Waals surface area contributed by atoms with Gasteiger partial charge in [0, 0.05) is 20.1 Å². The van der Waals surface area contributed by atoms with E-state index in [1.807, 2.05) is 31.2 Å². The molecular formula is C16H20N2O4. The number of aliphatic hydroxyl groups excluding tert-OH is 1. The number of likely N-dealkylation sites (tertiary alicyclic amines) is 1. The Morgan fingerprint density at radius 3 is 2.64 bits per heavy atom. The molecule has 0 radical (unpaired) electrons. The number of hydrogen-bond donors (Lipinski definition) is 1. The fraction of sp³-hybridized carbons (Fsp3) is 0.500. The Bertz CT molecular complexity index is 598. The maximum Gasteiger partial charge on any atom is 0.254 e. The van der Waals surface area contributed by atoms with Gasteiger partial charge in [0.1, 0.15) is 6.61 Å². The van der Waals surface area contributed by atoms with Crippen molar-refractivity contribution in [3.8, 4) is 0 Å². The lowest BCUT2D eigenvalue weighted by Crippen LogP contribution is -2.60. The number of carbonyl (C=O) groups excluding carboxylic acids is 2. The van der Waals surface area contributed by atoms with E-state index in [0.29, 0.717) is 13.1 Å². The van der Waals surface area contributed by atoms with Crippen molar-refractivity contribution >= 4 is 11.8 Å². The van der Waals surface area contributed by atoms with E-state index in [2.05, 4.69) is 0 Å². The van der Waals surface area contributed by atoms with E-state index in [9.17, 15) is 14.7 Å². The molecular weight excluding hydrogens is 284 g/mol. The summed E-state index contributed by atoms with van der Waals surface area (Å²) in [5.74, 6) is -0.307. The van der Waals surface area contributed by atoms with E-state index in [1.165, 1.54) is 0 Å². The van der Waals surface area contributed by atoms with E-state index in [1.54, 1.807) is 16.8 Å². The van der Waals surface area contributed by atoms with Crippen LogP contribution in [0, 0.1) is 6.92 Å². The predicted octanol–water partition coefficient (Wildman–Crippen LogP) is 0.0964. The summed E-state index contributed by atoms with van der Waals surface area (Å²) in [6, 6.07) is 7.26. The van der Waals surface area contributed by atoms with Gasteiger partial charge < -0.3 is 19.6 Å². The number of benzene rings is 1. The van der Waals surface area contributed by atoms with Crippen molar-refractivity contribution in [3.63, 3.8) is 0 Å². The van der Waals surface area contributed by atoms with Crippen molar-refractivity contribution in [2.45, 2.75) is 25.2 Å². The second-order valence-electron chi connectivity index (χ2n) is 5.93. The first-order valence-electron chi connectivity index (χ1n) is 7.38. The molecule has 2 aliphatic rings. The van der Waals surface area contributed by atoms with Gasteiger partial charge in [0.05, 0.1) is 12.1 Å². The summed E-state index contributed by atoms with van der Waals surface area (Å²) < 4.78 is 5.57. The van der Waals surface area contributed by atoms with Crippen LogP contribution in [0.1, 0.15) is 17.2 Å². The third kappa shape index (κ3) is 2.48. The molecule has 2 amide bonds. The van der Waals surface area contributed by atoms with Crippen LogP contribution in [0.2, 0.25) is 0 Å². The third-order valence-electron chi connectivity index (χ3n) is 4.41. The van der Waals surface area contributed by atoms with E-state index in [4.69, 9.17) is 4.74 Å². The molecule has 1 aromatic carbocycles. The number of β-amino-alcohol motifs (C(OH)–C–C–N with tert-alkyl or cyclic N) is 1. The Balaban J connectivity index is 1.91. The lowest BCUT2D eigenvalue weighted by molar-refractivity contribution is -0.173. The molecule has 6 heteroatoms. The van der Waals surface area contributed by atoms with Gasteiger partial charge in [-0.2, -0.15) is 0 Å². The zero-order valence-electron chi connectivity index (χ0n) is 12.7. The smallest absolute Gasteiger partial charge is 0.254 e. The van der Waals surface area contributed by atoms with Gasteiger partial charge in [-0.25, -0.2) is 0 Å². The largest absolute Gasteiger partial charge is 0.389 e. The van der Waals surface area contributed by atoms with Crippen LogP contribution in [0.25, 0.3) is 0 Å². The van der Waals surface area contributed by atoms with Crippen LogP contribution in [0.15, 0.2) is 24.3 Å². The molecule has 22 heavy (non-hydrogen) atoms. The Labute approximate surface area is 129 Å². The summed E-state index contributed by atoms with van der Waals surface area (Å²) in [6.07, 6.45) is -1.18. The van der Waals surface area contributed by atoms with Crippen molar-refractivity contribution in [3.05, 3.63) is 35.4 Å². The fourth-order valence-electron chi connectivity index (χ4n) is 3.02. The van der Waals surface area contributed by atoms with Crippen LogP contribution in [-0.4, -0.2) is 65.7 Å². The van der Waals surface area contributed by atoms with E-state index < -0.39 is 18.2 Å². The maximum absolute atomic E-state index is 12.6. The summed E-state index contributed by atoms with van der Waals surface area (Å²) in [4.78, 5) is 27.8. The van der Waals surface area contributed by atoms with E-state index >= 15 is 0 Å². The average molecular weight is 304 g/mol. The molecule has 0 saturated carbocycles. The van der Waals surface area contributed by atoms with Gasteiger partial charge in [0.15, 0.2) is 6.10 Å². The summed E-state index contributed by atoms with van der Waals surface area (Å²) >= 11 is 0. The first-order valence-corrected chi connectivity index (χ1v) is 7.38. The van der Waals surface area contributed by atoms with E-state index in [0.717, 1.165) is 11.1 Å². The van der Waals surface area contributed by atoms with Crippen LogP contribution in [0.4, 0.5) is 0 Å². The molecule has 2 heterocycles. The third-order valence-corrected chi connectivity index (χ3v) is 4.41. The minimum Gasteiger partial charge on any atom is -0.389 e. The number of carbonyl (C=O) groups is 2. The predicted molar refractivity (Wildman–Crippen MR) is 79.0 cm³/mol. The molecule has 0 aromatic heterocycles. The number of ether oxygens (including phenoxy) is 1. The second-order valence-corrected chi connectivity index (χ2v) is 5.93. The number of nitrogens with zero attached hydrogens (tertiary/aromatic N) is 2. The van der Waals surface area contributed by atoms with Crippen LogP contribution in [0.5, 0.6) is 0 Å². The first kappa shape index (κ1) is 15.0. The number of aryl methyl sites for hydroxylation is 1. The fourth-order valence-corrected chi connectivity index (χ4v) is 3.02. The molecule has 3 rings (SSSR count). The Morgan fingerprint density at radius 2 is 2.00 bits per heavy atom. The molecule has 0 unspecified atom stereocenters. The highest BCUT2D eigenvalue weighted by molar-refractivity contribution is 5.87. The summed E-state index contributed by atoms with van der Waals surface area (Å²) in [5.41, 5.74) is 1.93. The zero-order chi connectivity index (χ0) is 15.9. The van der Waals surface area contributed by atoms with Crippen molar-refractivity contribution in [1.82, 2.24) is 9.80 Å². The number of hydrogen-bond acceptors (Lipinski definition) is 4. The lowest BCUT2D eigenvalue weighted by atomic mass is 9.93. The second kappa shape index (κ2) is 5.70. The highest BCUT2D eigenvalue weighted by atomic mass is 16.5. The Kier molecular flexibility index (Phi) is 3.88. The van der Waals surface area contributed by atoms with Crippen LogP contribution < -0.4 is 0 Å². The molecule has 0 bridgehead atoms. The van der Waals surface area contributed by atoms with Crippen LogP contribution in [-0.2, 0) is 14.3 Å². The number of morpholine rings is 1. The molecule has 2 saturated heterocycles. The molecule has 1 N–H and O–H groups in total. The van der Waals surface area contributed by atoms with Gasteiger partial charge >= 0.3 is 0 Å². The molecule has 6 nitrogen and oxygen atoms in total. The lowest BCUT2D eigenvalue weighted by Gasteiger charge is -2.44. The van der Waals surface area contributed by atoms with Crippen LogP contribution >= 0.6 is 0 Å². The highest BCUT2D eigenvalue weighted by Gasteiger charge is 2.44. The number of rotatable bonds is 2. The molecule has 118 valence electrons. The van der Waals surface area contributed by atoms with Crippen molar-refractivity contribution < 1.29 is 19.4 Å². The van der Waals surface area contributed by atoms with Gasteiger partial charge in [-0.3, -0.25) is 9.59 Å². The zero-order valence-corrected chi connectivity index (χ0v) is 12.7. The minimum atomic E-state index is -0.726. The normalized spacial score (nSPS) is 26.0. The Hall–Kier alpha value is -1.92. The van der Waals surface area contributed by atoms with Gasteiger partial charge in [-0.05, 0) is 18.1 Å². The average Bonchev–Trinajstić information content (AvgIpc) is 2.47. The molecule has 0 aliphatic carbocycles. The van der Waals surface area contributed by atoms with Gasteiger partial charge in [-0.1, -0.05) is 24.3 Å². The van der Waals surface area contributed by atoms with Crippen molar-refractivity contribution in [1.29, 1.82) is 0 Å². The summed E-state index contributed by atoms with van der Waals surface area (Å²) in [7, 11) is 1.70. The number of aliphatic hydroxyl groups is 1. The van der Waals surface area contributed by atoms with Gasteiger partial charge in [0.25, 0.3) is 5.91 Å². The van der Waals surface area contributed by atoms with Gasteiger partial charge in [0.2, 0.25) is 5.91 Å². The Morgan fingerprint density at radius 1 is 1.32 bits per heavy atom. The van der Waals surface area contributed by atoms with Crippen LogP contribution in [0.3, 0.4) is 0 Å². The quantitative estimate of drug-likeness (QED) is 0.841. The minimum absolute atomic E-state index is 0.0916. The SMILES string of the molecule is Cc1ccccc1[C@@H]1[C@@H](C(=O)N2CC(O)C2)OCC(=O)N1C. The molecule has 1 aromatic rings. The van der Waals surface area contributed by atoms with Crippen molar-refractivity contribution in [2.75, 3.05) is 26.7 Å². The number of likely N-dealkylation sites (N-methyl/N-ethyl adjacent to an activating group) is 1. The van der Waals surface area contributed by atoms with E-state index in [-0.39, 0.29) is 18.4 Å². The molecule has 2 fully saturated rings. The first-order chi connectivity index (χ1) is 10.5. The highest BCUT2D eigenvalue weighted by Crippen LogP contribution is 2.32. The number of amides is 2. The topological polar surface area (TPSA) is 70.1 Å². The molecule has 0 spiro atoms. The molecule has 2 aliphatic heterocycles. The standard InChI is InChI=1S/C16H20N2O4/c1-10-5-3-4-6-12(10)14-15(22-9-13(20)17(14)2)16(21)18-7-11(19)8-18/h3-6,11,14-15,19H,7-9H2,1-2H3/t14-,15+/m1/s1. The summed E-state index contributed by atoms with van der Waals surface area (Å²) in [6.45, 7) is 2.52. The van der Waals surface area contributed by atoms with Crippen molar-refractivity contribution in [2.24, 2.45) is 0 Å². The van der Waals surface area contributed by atoms with Gasteiger partial charge in [-0.15, -0.1) is 0 Å². The summed E-state index contributed by atoms with van der Waals surface area (Å²) in [5, 5.41) is 9.39. The molecule has 2 atom stereocenters.